The molecule has 0 aliphatic carbocycles. The number of hydrogen-bond donors (Lipinski definition) is 2. The van der Waals surface area contributed by atoms with Crippen LogP contribution in [0.4, 0.5) is 11.5 Å². The van der Waals surface area contributed by atoms with E-state index < -0.39 is 0 Å². The number of anilines is 2. The first-order chi connectivity index (χ1) is 7.67. The zero-order valence-corrected chi connectivity index (χ0v) is 9.53. The van der Waals surface area contributed by atoms with Crippen molar-refractivity contribution in [1.82, 2.24) is 4.98 Å². The van der Waals surface area contributed by atoms with Gasteiger partial charge in [-0.15, -0.1) is 0 Å². The lowest BCUT2D eigenvalue weighted by Crippen LogP contribution is -2.18. The zero-order valence-electron chi connectivity index (χ0n) is 9.53. The largest absolute Gasteiger partial charge is 0.396 e. The van der Waals surface area contributed by atoms with Crippen LogP contribution in [0.5, 0.6) is 0 Å². The van der Waals surface area contributed by atoms with Crippen LogP contribution in [0.25, 0.3) is 0 Å². The third-order valence-corrected chi connectivity index (χ3v) is 2.18. The lowest BCUT2D eigenvalue weighted by Gasteiger charge is -2.14. The zero-order chi connectivity index (χ0) is 12.0. The Morgan fingerprint density at radius 2 is 2.38 bits per heavy atom. The molecule has 16 heavy (non-hydrogen) atoms. The molecule has 0 fully saturated rings. The van der Waals surface area contributed by atoms with Crippen molar-refractivity contribution in [3.05, 3.63) is 17.8 Å². The Morgan fingerprint density at radius 1 is 1.62 bits per heavy atom. The van der Waals surface area contributed by atoms with Crippen molar-refractivity contribution in [1.29, 1.82) is 5.26 Å². The Kier molecular flexibility index (Phi) is 4.55. The predicted octanol–water partition coefficient (Wildman–Crippen LogP) is 1.37. The van der Waals surface area contributed by atoms with Crippen molar-refractivity contribution in [3.8, 4) is 6.07 Å². The number of ether oxygens (including phenoxy) is 1. The molecule has 5 heteroatoms. The Labute approximate surface area is 95.2 Å². The summed E-state index contributed by atoms with van der Waals surface area (Å²) in [6.07, 6.45) is 0.879. The van der Waals surface area contributed by atoms with E-state index in [1.807, 2.05) is 13.0 Å². The molecule has 0 saturated carbocycles. The highest BCUT2D eigenvalue weighted by Crippen LogP contribution is 2.13. The highest BCUT2D eigenvalue weighted by atomic mass is 16.5. The molecule has 1 atom stereocenters. The van der Waals surface area contributed by atoms with E-state index in [1.54, 1.807) is 19.2 Å². The van der Waals surface area contributed by atoms with Gasteiger partial charge >= 0.3 is 0 Å². The number of rotatable bonds is 5. The van der Waals surface area contributed by atoms with Crippen LogP contribution >= 0.6 is 0 Å². The number of nitrogens with zero attached hydrogens (tertiary/aromatic N) is 2. The minimum atomic E-state index is 0.239. The number of nitriles is 1. The third-order valence-electron chi connectivity index (χ3n) is 2.18. The van der Waals surface area contributed by atoms with Gasteiger partial charge in [0.05, 0.1) is 5.69 Å². The summed E-state index contributed by atoms with van der Waals surface area (Å²) in [5, 5.41) is 12.0. The lowest BCUT2D eigenvalue weighted by atomic mass is 10.2. The van der Waals surface area contributed by atoms with Gasteiger partial charge in [-0.2, -0.15) is 5.26 Å². The van der Waals surface area contributed by atoms with Crippen molar-refractivity contribution in [2.24, 2.45) is 0 Å². The monoisotopic (exact) mass is 220 g/mol. The van der Waals surface area contributed by atoms with E-state index in [0.29, 0.717) is 18.1 Å². The summed E-state index contributed by atoms with van der Waals surface area (Å²) in [7, 11) is 1.67. The van der Waals surface area contributed by atoms with E-state index in [4.69, 9.17) is 15.7 Å². The van der Waals surface area contributed by atoms with Gasteiger partial charge in [0.2, 0.25) is 0 Å². The van der Waals surface area contributed by atoms with Crippen molar-refractivity contribution in [3.63, 3.8) is 0 Å². The molecular weight excluding hydrogens is 204 g/mol. The summed E-state index contributed by atoms with van der Waals surface area (Å²) in [6.45, 7) is 2.72. The van der Waals surface area contributed by atoms with E-state index in [2.05, 4.69) is 10.3 Å². The molecule has 1 unspecified atom stereocenters. The summed E-state index contributed by atoms with van der Waals surface area (Å²) in [5.41, 5.74) is 6.23. The molecule has 1 aromatic heterocycles. The van der Waals surface area contributed by atoms with Crippen LogP contribution in [-0.4, -0.2) is 24.7 Å². The Balaban J connectivity index is 2.64. The second-order valence-electron chi connectivity index (χ2n) is 3.57. The smallest absolute Gasteiger partial charge is 0.165 e. The van der Waals surface area contributed by atoms with Crippen LogP contribution in [0, 0.1) is 11.3 Å². The molecular formula is C11H16N4O. The second kappa shape index (κ2) is 5.93. The molecule has 1 heterocycles. The number of aromatic nitrogens is 1. The molecule has 1 aromatic rings. The minimum absolute atomic E-state index is 0.239. The van der Waals surface area contributed by atoms with Crippen molar-refractivity contribution in [2.45, 2.75) is 19.4 Å². The summed E-state index contributed by atoms with van der Waals surface area (Å²) < 4.78 is 4.98. The quantitative estimate of drug-likeness (QED) is 0.783. The van der Waals surface area contributed by atoms with Crippen molar-refractivity contribution < 1.29 is 4.74 Å². The van der Waals surface area contributed by atoms with Crippen molar-refractivity contribution in [2.75, 3.05) is 24.8 Å². The van der Waals surface area contributed by atoms with Gasteiger partial charge < -0.3 is 15.8 Å². The molecule has 5 nitrogen and oxygen atoms in total. The van der Waals surface area contributed by atoms with Crippen molar-refractivity contribution >= 4 is 11.5 Å². The number of nitrogens with one attached hydrogen (secondary N) is 1. The van der Waals surface area contributed by atoms with Crippen LogP contribution in [0.3, 0.4) is 0 Å². The molecule has 3 N–H and O–H groups in total. The molecule has 86 valence electrons. The van der Waals surface area contributed by atoms with Crippen LogP contribution < -0.4 is 11.1 Å². The van der Waals surface area contributed by atoms with E-state index >= 15 is 0 Å². The summed E-state index contributed by atoms with van der Waals surface area (Å²) in [4.78, 5) is 4.10. The summed E-state index contributed by atoms with van der Waals surface area (Å²) in [5.74, 6) is 0.661. The number of nitrogens with two attached hydrogens (primary N) is 1. The van der Waals surface area contributed by atoms with E-state index in [9.17, 15) is 0 Å². The molecule has 0 bridgehead atoms. The first kappa shape index (κ1) is 12.3. The molecule has 0 aliphatic rings. The van der Waals surface area contributed by atoms with Gasteiger partial charge in [-0.1, -0.05) is 0 Å². The SMILES string of the molecule is COCCC(C)Nc1ccc(N)c(C#N)n1. The first-order valence-electron chi connectivity index (χ1n) is 5.09. The van der Waals surface area contributed by atoms with Gasteiger partial charge in [-0.3, -0.25) is 0 Å². The molecule has 0 saturated heterocycles. The van der Waals surface area contributed by atoms with Crippen LogP contribution in [-0.2, 0) is 4.74 Å². The summed E-state index contributed by atoms with van der Waals surface area (Å²) >= 11 is 0. The lowest BCUT2D eigenvalue weighted by molar-refractivity contribution is 0.191. The molecule has 0 aromatic carbocycles. The van der Waals surface area contributed by atoms with Crippen LogP contribution in [0.1, 0.15) is 19.0 Å². The number of nitrogen functional groups attached to an aromatic ring is 1. The summed E-state index contributed by atoms with van der Waals surface area (Å²) in [6, 6.07) is 5.63. The Morgan fingerprint density at radius 3 is 3.00 bits per heavy atom. The molecule has 0 amide bonds. The predicted molar refractivity (Wildman–Crippen MR) is 62.9 cm³/mol. The van der Waals surface area contributed by atoms with Gasteiger partial charge in [0.25, 0.3) is 0 Å². The maximum absolute atomic E-state index is 8.78. The number of hydrogen-bond acceptors (Lipinski definition) is 5. The van der Waals surface area contributed by atoms with Gasteiger partial charge in [0, 0.05) is 19.8 Å². The number of methoxy groups -OCH3 is 1. The van der Waals surface area contributed by atoms with E-state index in [-0.39, 0.29) is 11.7 Å². The minimum Gasteiger partial charge on any atom is -0.396 e. The molecule has 1 rings (SSSR count). The van der Waals surface area contributed by atoms with Gasteiger partial charge in [0.15, 0.2) is 5.69 Å². The van der Waals surface area contributed by atoms with Gasteiger partial charge in [0.1, 0.15) is 11.9 Å². The average Bonchev–Trinajstić information content (AvgIpc) is 2.29. The molecule has 0 aliphatic heterocycles. The molecule has 0 spiro atoms. The fourth-order valence-corrected chi connectivity index (χ4v) is 1.26. The Hall–Kier alpha value is -1.80. The normalized spacial score (nSPS) is 11.8. The fourth-order valence-electron chi connectivity index (χ4n) is 1.26. The van der Waals surface area contributed by atoms with E-state index in [0.717, 1.165) is 6.42 Å². The third kappa shape index (κ3) is 3.41. The topological polar surface area (TPSA) is 84.0 Å². The molecule has 0 radical (unpaired) electrons. The standard InChI is InChI=1S/C11H16N4O/c1-8(5-6-16-2)14-11-4-3-9(13)10(7-12)15-11/h3-4,8H,5-6,13H2,1-2H3,(H,14,15). The number of pyridine rings is 1. The highest BCUT2D eigenvalue weighted by Gasteiger charge is 2.05. The van der Waals surface area contributed by atoms with Crippen LogP contribution in [0.2, 0.25) is 0 Å². The highest BCUT2D eigenvalue weighted by molar-refractivity contribution is 5.54. The van der Waals surface area contributed by atoms with Gasteiger partial charge in [-0.25, -0.2) is 4.98 Å². The maximum Gasteiger partial charge on any atom is 0.165 e. The fraction of sp³-hybridized carbons (Fsp3) is 0.455. The maximum atomic E-state index is 8.78. The average molecular weight is 220 g/mol. The Bertz CT molecular complexity index is 386. The van der Waals surface area contributed by atoms with E-state index in [1.165, 1.54) is 0 Å². The van der Waals surface area contributed by atoms with Crippen LogP contribution in [0.15, 0.2) is 12.1 Å². The van der Waals surface area contributed by atoms with Gasteiger partial charge in [-0.05, 0) is 25.5 Å². The first-order valence-corrected chi connectivity index (χ1v) is 5.09. The second-order valence-corrected chi connectivity index (χ2v) is 3.57.